The molecule has 2 heterocycles. The van der Waals surface area contributed by atoms with Gasteiger partial charge in [0.05, 0.1) is 22.2 Å². The number of fused-ring (bicyclic) bond motifs is 1. The molecule has 0 aliphatic carbocycles. The number of ether oxygens (including phenoxy) is 1. The number of nitro benzene ring substituents is 1. The van der Waals surface area contributed by atoms with E-state index >= 15 is 0 Å². The van der Waals surface area contributed by atoms with Crippen LogP contribution < -0.4 is 5.32 Å². The van der Waals surface area contributed by atoms with Gasteiger partial charge < -0.3 is 15.0 Å². The molecule has 0 saturated heterocycles. The Morgan fingerprint density at radius 1 is 1.33 bits per heavy atom. The van der Waals surface area contributed by atoms with E-state index in [-0.39, 0.29) is 28.6 Å². The molecule has 0 bridgehead atoms. The molecule has 0 spiro atoms. The van der Waals surface area contributed by atoms with Gasteiger partial charge in [-0.05, 0) is 26.8 Å². The summed E-state index contributed by atoms with van der Waals surface area (Å²) in [7, 11) is 1.72. The number of halogens is 1. The molecule has 0 atom stereocenters. The van der Waals surface area contributed by atoms with Crippen LogP contribution in [-0.2, 0) is 24.8 Å². The molecule has 1 aliphatic heterocycles. The number of hydrogen-bond acceptors (Lipinski definition) is 6. The molecule has 160 valence electrons. The highest BCUT2D eigenvalue weighted by Gasteiger charge is 2.31. The fourth-order valence-electron chi connectivity index (χ4n) is 3.16. The molecular weight excluding hydrogens is 414 g/mol. The van der Waals surface area contributed by atoms with Gasteiger partial charge in [0.2, 0.25) is 0 Å². The number of nitrogens with zero attached hydrogens (tertiary/aromatic N) is 4. The number of hydrogen-bond donors (Lipinski definition) is 1. The van der Waals surface area contributed by atoms with Crippen molar-refractivity contribution in [3.8, 4) is 0 Å². The number of anilines is 1. The van der Waals surface area contributed by atoms with Crippen molar-refractivity contribution in [2.45, 2.75) is 39.3 Å². The second kappa shape index (κ2) is 7.94. The summed E-state index contributed by atoms with van der Waals surface area (Å²) in [6, 6.07) is 3.77. The summed E-state index contributed by atoms with van der Waals surface area (Å²) < 4.78 is 7.03. The zero-order valence-corrected chi connectivity index (χ0v) is 17.8. The Morgan fingerprint density at radius 3 is 2.67 bits per heavy atom. The molecule has 2 amide bonds. The fraction of sp³-hybridized carbons (Fsp3) is 0.421. The number of amides is 2. The van der Waals surface area contributed by atoms with Crippen molar-refractivity contribution < 1.29 is 19.2 Å². The Labute approximate surface area is 177 Å². The lowest BCUT2D eigenvalue weighted by molar-refractivity contribution is -0.384. The number of non-ortho nitro benzene ring substituents is 1. The first-order valence-electron chi connectivity index (χ1n) is 9.24. The van der Waals surface area contributed by atoms with Crippen LogP contribution in [0.5, 0.6) is 0 Å². The smallest absolute Gasteiger partial charge is 0.410 e. The van der Waals surface area contributed by atoms with Crippen LogP contribution in [0.1, 0.15) is 42.5 Å². The summed E-state index contributed by atoms with van der Waals surface area (Å²) in [5, 5.41) is 18.0. The highest BCUT2D eigenvalue weighted by molar-refractivity contribution is 6.34. The highest BCUT2D eigenvalue weighted by atomic mass is 35.5. The van der Waals surface area contributed by atoms with E-state index in [2.05, 4.69) is 10.4 Å². The number of nitro groups is 1. The lowest BCUT2D eigenvalue weighted by Gasteiger charge is -2.30. The maximum Gasteiger partial charge on any atom is 0.410 e. The van der Waals surface area contributed by atoms with E-state index in [1.54, 1.807) is 32.5 Å². The van der Waals surface area contributed by atoms with E-state index in [1.807, 2.05) is 0 Å². The number of benzene rings is 1. The first-order chi connectivity index (χ1) is 14.0. The minimum Gasteiger partial charge on any atom is -0.444 e. The second-order valence-electron chi connectivity index (χ2n) is 7.92. The van der Waals surface area contributed by atoms with E-state index in [4.69, 9.17) is 16.3 Å². The van der Waals surface area contributed by atoms with Crippen molar-refractivity contribution in [3.05, 3.63) is 50.3 Å². The van der Waals surface area contributed by atoms with Gasteiger partial charge in [-0.2, -0.15) is 5.10 Å². The third kappa shape index (κ3) is 4.54. The van der Waals surface area contributed by atoms with Crippen LogP contribution in [0.3, 0.4) is 0 Å². The van der Waals surface area contributed by atoms with Gasteiger partial charge in [0.25, 0.3) is 11.6 Å². The Kier molecular flexibility index (Phi) is 5.71. The van der Waals surface area contributed by atoms with Gasteiger partial charge in [0, 0.05) is 43.4 Å². The van der Waals surface area contributed by atoms with E-state index < -0.39 is 22.5 Å². The summed E-state index contributed by atoms with van der Waals surface area (Å²) >= 11 is 6.07. The van der Waals surface area contributed by atoms with E-state index in [9.17, 15) is 19.7 Å². The predicted octanol–water partition coefficient (Wildman–Crippen LogP) is 3.53. The van der Waals surface area contributed by atoms with Gasteiger partial charge in [-0.3, -0.25) is 19.6 Å². The normalized spacial score (nSPS) is 13.6. The monoisotopic (exact) mass is 435 g/mol. The molecule has 10 nitrogen and oxygen atoms in total. The van der Waals surface area contributed by atoms with Gasteiger partial charge in [0.1, 0.15) is 5.60 Å². The largest absolute Gasteiger partial charge is 0.444 e. The lowest BCUT2D eigenvalue weighted by Crippen LogP contribution is -2.40. The molecule has 2 aromatic rings. The maximum absolute atomic E-state index is 12.9. The van der Waals surface area contributed by atoms with Crippen LogP contribution in [0.15, 0.2) is 18.2 Å². The third-order valence-electron chi connectivity index (χ3n) is 4.52. The van der Waals surface area contributed by atoms with Gasteiger partial charge in [-0.1, -0.05) is 11.6 Å². The van der Waals surface area contributed by atoms with Crippen molar-refractivity contribution >= 4 is 35.0 Å². The molecule has 0 fully saturated rings. The van der Waals surface area contributed by atoms with Crippen LogP contribution in [0.25, 0.3) is 0 Å². The molecule has 1 aromatic heterocycles. The Morgan fingerprint density at radius 2 is 2.03 bits per heavy atom. The molecule has 1 N–H and O–H groups in total. The van der Waals surface area contributed by atoms with Crippen molar-refractivity contribution in [1.29, 1.82) is 0 Å². The molecule has 0 saturated carbocycles. The summed E-state index contributed by atoms with van der Waals surface area (Å²) in [5.74, 6) is -0.569. The number of aromatic nitrogens is 2. The highest BCUT2D eigenvalue weighted by Crippen LogP contribution is 2.29. The van der Waals surface area contributed by atoms with Crippen LogP contribution >= 0.6 is 11.6 Å². The summed E-state index contributed by atoms with van der Waals surface area (Å²) in [5.41, 5.74) is 0.844. The molecule has 1 aliphatic rings. The summed E-state index contributed by atoms with van der Waals surface area (Å²) in [4.78, 5) is 37.3. The average Bonchev–Trinajstić information content (AvgIpc) is 2.98. The average molecular weight is 436 g/mol. The quantitative estimate of drug-likeness (QED) is 0.581. The number of nitrogens with one attached hydrogen (secondary N) is 1. The van der Waals surface area contributed by atoms with E-state index in [1.165, 1.54) is 23.1 Å². The van der Waals surface area contributed by atoms with Crippen molar-refractivity contribution in [2.75, 3.05) is 11.9 Å². The first-order valence-corrected chi connectivity index (χ1v) is 9.62. The lowest BCUT2D eigenvalue weighted by atomic mass is 10.0. The second-order valence-corrected chi connectivity index (χ2v) is 8.33. The Bertz CT molecular complexity index is 1030. The minimum absolute atomic E-state index is 0.107. The topological polar surface area (TPSA) is 120 Å². The third-order valence-corrected chi connectivity index (χ3v) is 4.85. The number of carbonyl (C=O) groups excluding carboxylic acids is 2. The summed E-state index contributed by atoms with van der Waals surface area (Å²) in [6.07, 6.45) is 0.0493. The molecule has 3 rings (SSSR count). The molecule has 1 aromatic carbocycles. The van der Waals surface area contributed by atoms with Crippen LogP contribution in [-0.4, -0.2) is 43.7 Å². The van der Waals surface area contributed by atoms with Crippen molar-refractivity contribution in [3.63, 3.8) is 0 Å². The standard InChI is InChI=1S/C19H22ClN5O5/c1-19(2,3)30-18(27)24-8-7-15-12(10-24)16(22-23(15)4)17(26)21-14-9-11(25(28)29)5-6-13(14)20/h5-6,9H,7-8,10H2,1-4H3,(H,21,26). The van der Waals surface area contributed by atoms with Gasteiger partial charge >= 0.3 is 6.09 Å². The molecular formula is C19H22ClN5O5. The van der Waals surface area contributed by atoms with Crippen molar-refractivity contribution in [2.24, 2.45) is 7.05 Å². The SMILES string of the molecule is Cn1nc(C(=O)Nc2cc([N+](=O)[O-])ccc2Cl)c2c1CCN(C(=O)OC(C)(C)C)C2. The van der Waals surface area contributed by atoms with E-state index in [0.717, 1.165) is 5.69 Å². The number of rotatable bonds is 3. The van der Waals surface area contributed by atoms with Crippen LogP contribution in [0.2, 0.25) is 5.02 Å². The minimum atomic E-state index is -0.634. The molecule has 30 heavy (non-hydrogen) atoms. The number of aryl methyl sites for hydroxylation is 1. The van der Waals surface area contributed by atoms with Crippen LogP contribution in [0.4, 0.5) is 16.2 Å². The summed E-state index contributed by atoms with van der Waals surface area (Å²) in [6.45, 7) is 5.97. The van der Waals surface area contributed by atoms with Crippen molar-refractivity contribution in [1.82, 2.24) is 14.7 Å². The molecule has 0 unspecified atom stereocenters. The van der Waals surface area contributed by atoms with Gasteiger partial charge in [-0.15, -0.1) is 0 Å². The zero-order valence-electron chi connectivity index (χ0n) is 17.1. The molecule has 0 radical (unpaired) electrons. The van der Waals surface area contributed by atoms with Gasteiger partial charge in [0.15, 0.2) is 5.69 Å². The van der Waals surface area contributed by atoms with Gasteiger partial charge in [-0.25, -0.2) is 4.79 Å². The maximum atomic E-state index is 12.9. The fourth-order valence-corrected chi connectivity index (χ4v) is 3.33. The Hall–Kier alpha value is -3.14. The number of carbonyl (C=O) groups is 2. The zero-order chi connectivity index (χ0) is 22.2. The molecule has 11 heteroatoms. The van der Waals surface area contributed by atoms with Crippen LogP contribution in [0, 0.1) is 10.1 Å². The Balaban J connectivity index is 1.85. The predicted molar refractivity (Wildman–Crippen MR) is 110 cm³/mol. The van der Waals surface area contributed by atoms with E-state index in [0.29, 0.717) is 18.5 Å². The first kappa shape index (κ1) is 21.6.